The zero-order chi connectivity index (χ0) is 17.5. The van der Waals surface area contributed by atoms with Crippen LogP contribution < -0.4 is 0 Å². The Morgan fingerprint density at radius 1 is 1.12 bits per heavy atom. The third-order valence-electron chi connectivity index (χ3n) is 3.25. The number of aryl methyl sites for hydroxylation is 1. The molecule has 0 radical (unpaired) electrons. The monoisotopic (exact) mass is 536 g/mol. The van der Waals surface area contributed by atoms with E-state index in [9.17, 15) is 9.46 Å². The smallest absolute Gasteiger partial charge is 0.324 e. The minimum atomic E-state index is -3.42. The molecule has 1 unspecified atom stereocenters. The third-order valence-corrected chi connectivity index (χ3v) is 4.79. The van der Waals surface area contributed by atoms with Crippen molar-refractivity contribution in [2.24, 2.45) is 0 Å². The molecule has 7 heteroatoms. The molecule has 0 fully saturated rings. The fraction of sp³-hybridized carbons (Fsp3) is 0.647. The predicted molar refractivity (Wildman–Crippen MR) is 94.7 cm³/mol. The van der Waals surface area contributed by atoms with Crippen LogP contribution in [0.4, 0.5) is 0 Å². The van der Waals surface area contributed by atoms with Crippen molar-refractivity contribution >= 4 is 7.60 Å². The third kappa shape index (κ3) is 10.1. The molecule has 1 aromatic rings. The Morgan fingerprint density at radius 2 is 1.62 bits per heavy atom. The first-order valence-corrected chi connectivity index (χ1v) is 9.78. The van der Waals surface area contributed by atoms with Crippen LogP contribution >= 0.6 is 7.60 Å². The maximum atomic E-state index is 11.7. The second-order valence-corrected chi connectivity index (χ2v) is 8.38. The summed E-state index contributed by atoms with van der Waals surface area (Å²) >= 11 is 0. The van der Waals surface area contributed by atoms with Gasteiger partial charge >= 0.3 is 7.60 Å². The second-order valence-electron chi connectivity index (χ2n) is 6.40. The van der Waals surface area contributed by atoms with E-state index in [2.05, 4.69) is 28.0 Å². The van der Waals surface area contributed by atoms with Crippen molar-refractivity contribution in [1.82, 2.24) is 9.80 Å². The van der Waals surface area contributed by atoms with Gasteiger partial charge in [-0.2, -0.15) is 23.8 Å². The van der Waals surface area contributed by atoms with E-state index in [0.717, 1.165) is 30.6 Å². The van der Waals surface area contributed by atoms with Crippen molar-refractivity contribution in [3.8, 4) is 0 Å². The van der Waals surface area contributed by atoms with Gasteiger partial charge in [0.25, 0.3) is 0 Å². The number of hydrogen-bond acceptors (Lipinski definition) is 4. The van der Waals surface area contributed by atoms with E-state index in [1.165, 1.54) is 5.56 Å². The molecule has 1 rings (SSSR count). The van der Waals surface area contributed by atoms with Crippen LogP contribution in [0.2, 0.25) is 0 Å². The zero-order valence-electron chi connectivity index (χ0n) is 15.3. The molecule has 142 valence electrons. The summed E-state index contributed by atoms with van der Waals surface area (Å²) in [7, 11) is 4.73. The normalized spacial score (nSPS) is 13.8. The Kier molecular flexibility index (Phi) is 11.6. The summed E-state index contributed by atoms with van der Waals surface area (Å²) in [5, 5.41) is 0. The van der Waals surface area contributed by atoms with Crippen molar-refractivity contribution in [1.29, 1.82) is 0 Å². The van der Waals surface area contributed by atoms with Gasteiger partial charge in [-0.15, -0.1) is 11.1 Å². The van der Waals surface area contributed by atoms with Gasteiger partial charge in [0.05, 0.1) is 12.8 Å². The van der Waals surface area contributed by atoms with Crippen LogP contribution in [-0.2, 0) is 49.7 Å². The quantitative estimate of drug-likeness (QED) is 0.368. The van der Waals surface area contributed by atoms with Crippen LogP contribution in [0, 0.1) is 6.07 Å². The fourth-order valence-corrected chi connectivity index (χ4v) is 3.60. The number of nitrogens with zero attached hydrogens (tertiary/aromatic N) is 2. The first-order chi connectivity index (χ1) is 10.7. The zero-order valence-corrected chi connectivity index (χ0v) is 18.5. The topological polar surface area (TPSA) is 53.0 Å². The summed E-state index contributed by atoms with van der Waals surface area (Å²) < 4.78 is 16.7. The predicted octanol–water partition coefficient (Wildman–Crippen LogP) is 2.76. The Bertz CT molecular complexity index is 510. The summed E-state index contributed by atoms with van der Waals surface area (Å²) in [6.07, 6.45) is 1.61. The molecule has 0 aliphatic heterocycles. The molecule has 0 heterocycles. The Balaban J connectivity index is 0.00000529. The molecule has 0 saturated heterocycles. The first kappa shape index (κ1) is 24.0. The minimum absolute atomic E-state index is 0. The van der Waals surface area contributed by atoms with Crippen molar-refractivity contribution in [3.05, 3.63) is 34.9 Å². The largest absolute Gasteiger partial charge is 0.328 e. The summed E-state index contributed by atoms with van der Waals surface area (Å²) in [5.74, 6) is 0. The van der Waals surface area contributed by atoms with E-state index in [4.69, 9.17) is 4.52 Å². The van der Waals surface area contributed by atoms with Gasteiger partial charge in [-0.05, 0) is 48.0 Å². The van der Waals surface area contributed by atoms with E-state index in [-0.39, 0.29) is 33.8 Å². The van der Waals surface area contributed by atoms with Gasteiger partial charge in [-0.25, -0.2) is 0 Å². The standard InChI is InChI=1S/C17H30N2O3P.Pt/c1-6-22-23(20,21)9-7-8-15-10-16(13-18(2)3)12-17(11-15)14-19(4)5;/h10-11H,6-9,13-14H2,1-5H3,(H,20,21);/q-1;. The fourth-order valence-electron chi connectivity index (χ4n) is 2.51. The summed E-state index contributed by atoms with van der Waals surface area (Å²) in [6, 6.07) is 7.74. The average molecular weight is 536 g/mol. The molecule has 0 aliphatic rings. The van der Waals surface area contributed by atoms with Gasteiger partial charge in [0.1, 0.15) is 0 Å². The first-order valence-electron chi connectivity index (χ1n) is 8.01. The Morgan fingerprint density at radius 3 is 2.04 bits per heavy atom. The van der Waals surface area contributed by atoms with Crippen molar-refractivity contribution < 1.29 is 35.0 Å². The molecular weight excluding hydrogens is 506 g/mol. The molecular formula is C17H30N2O3PPt-. The Hall–Kier alpha value is -0.0217. The second kappa shape index (κ2) is 11.6. The van der Waals surface area contributed by atoms with Crippen molar-refractivity contribution in [3.63, 3.8) is 0 Å². The number of rotatable bonds is 10. The molecule has 0 spiro atoms. The average Bonchev–Trinajstić information content (AvgIpc) is 2.36. The number of hydrogen-bond donors (Lipinski definition) is 1. The summed E-state index contributed by atoms with van der Waals surface area (Å²) in [6.45, 7) is 3.68. The maximum Gasteiger partial charge on any atom is 0.328 e. The molecule has 1 atom stereocenters. The van der Waals surface area contributed by atoms with E-state index in [1.54, 1.807) is 6.92 Å². The molecule has 1 N–H and O–H groups in total. The van der Waals surface area contributed by atoms with Gasteiger partial charge in [0.2, 0.25) is 0 Å². The van der Waals surface area contributed by atoms with Gasteiger partial charge in [0.15, 0.2) is 0 Å². The number of benzene rings is 1. The molecule has 0 saturated carbocycles. The minimum Gasteiger partial charge on any atom is -0.324 e. The van der Waals surface area contributed by atoms with Crippen LogP contribution in [-0.4, -0.2) is 55.7 Å². The van der Waals surface area contributed by atoms with Crippen LogP contribution in [0.3, 0.4) is 0 Å². The Labute approximate surface area is 161 Å². The molecule has 24 heavy (non-hydrogen) atoms. The molecule has 0 amide bonds. The van der Waals surface area contributed by atoms with Crippen LogP contribution in [0.15, 0.2) is 12.1 Å². The van der Waals surface area contributed by atoms with E-state index in [0.29, 0.717) is 6.42 Å². The van der Waals surface area contributed by atoms with Crippen molar-refractivity contribution in [2.75, 3.05) is 41.0 Å². The van der Waals surface area contributed by atoms with Crippen LogP contribution in [0.5, 0.6) is 0 Å². The van der Waals surface area contributed by atoms with Crippen molar-refractivity contribution in [2.45, 2.75) is 32.9 Å². The van der Waals surface area contributed by atoms with E-state index >= 15 is 0 Å². The van der Waals surface area contributed by atoms with Crippen LogP contribution in [0.1, 0.15) is 30.0 Å². The van der Waals surface area contributed by atoms with Crippen LogP contribution in [0.25, 0.3) is 0 Å². The molecule has 5 nitrogen and oxygen atoms in total. The van der Waals surface area contributed by atoms with E-state index < -0.39 is 7.60 Å². The van der Waals surface area contributed by atoms with Gasteiger partial charge in [0, 0.05) is 34.2 Å². The maximum absolute atomic E-state index is 11.7. The molecule has 1 aromatic carbocycles. The van der Waals surface area contributed by atoms with Gasteiger partial charge in [-0.3, -0.25) is 4.57 Å². The summed E-state index contributed by atoms with van der Waals surface area (Å²) in [4.78, 5) is 13.9. The molecule has 0 aliphatic carbocycles. The summed E-state index contributed by atoms with van der Waals surface area (Å²) in [5.41, 5.74) is 3.50. The van der Waals surface area contributed by atoms with E-state index in [1.807, 2.05) is 28.2 Å². The van der Waals surface area contributed by atoms with Gasteiger partial charge < -0.3 is 19.2 Å². The molecule has 0 bridgehead atoms. The SMILES string of the molecule is CCOP(=O)(O)CCCc1cc(CN(C)C)[c-]c(CN(C)C)c1.[Pt]. The van der Waals surface area contributed by atoms with Gasteiger partial charge in [-0.1, -0.05) is 0 Å². The molecule has 0 aromatic heterocycles.